The first-order valence-electron chi connectivity index (χ1n) is 8.72. The van der Waals surface area contributed by atoms with E-state index in [2.05, 4.69) is 22.9 Å². The second-order valence-electron chi connectivity index (χ2n) is 5.92. The van der Waals surface area contributed by atoms with Crippen molar-refractivity contribution in [3.63, 3.8) is 0 Å². The highest BCUT2D eigenvalue weighted by Crippen LogP contribution is 2.26. The SMILES string of the molecule is CCCNCCNC(=O)CCCOc1ccc2c(c1)CCC(=O)N2.Cl. The fraction of sp³-hybridized carbons (Fsp3) is 0.556. The van der Waals surface area contributed by atoms with Gasteiger partial charge in [-0.25, -0.2) is 0 Å². The zero-order valence-corrected chi connectivity index (χ0v) is 15.5. The number of benzene rings is 1. The van der Waals surface area contributed by atoms with Crippen molar-refractivity contribution >= 4 is 29.9 Å². The summed E-state index contributed by atoms with van der Waals surface area (Å²) in [6.45, 7) is 5.07. The minimum Gasteiger partial charge on any atom is -0.494 e. The molecule has 1 aliphatic rings. The van der Waals surface area contributed by atoms with E-state index in [1.165, 1.54) is 0 Å². The predicted molar refractivity (Wildman–Crippen MR) is 102 cm³/mol. The normalized spacial score (nSPS) is 12.6. The number of nitrogens with one attached hydrogen (secondary N) is 3. The van der Waals surface area contributed by atoms with E-state index < -0.39 is 0 Å². The van der Waals surface area contributed by atoms with Gasteiger partial charge in [0.25, 0.3) is 0 Å². The molecule has 1 aromatic rings. The van der Waals surface area contributed by atoms with Gasteiger partial charge in [0, 0.05) is 31.6 Å². The van der Waals surface area contributed by atoms with Gasteiger partial charge in [0.15, 0.2) is 0 Å². The lowest BCUT2D eigenvalue weighted by atomic mass is 10.0. The average molecular weight is 370 g/mol. The van der Waals surface area contributed by atoms with E-state index in [1.807, 2.05) is 18.2 Å². The Morgan fingerprint density at radius 2 is 2.08 bits per heavy atom. The number of halogens is 1. The lowest BCUT2D eigenvalue weighted by Gasteiger charge is -2.17. The van der Waals surface area contributed by atoms with Crippen LogP contribution in [0.2, 0.25) is 0 Å². The fourth-order valence-corrected chi connectivity index (χ4v) is 2.55. The number of aryl methyl sites for hydroxylation is 1. The molecule has 0 fully saturated rings. The molecule has 0 aliphatic carbocycles. The summed E-state index contributed by atoms with van der Waals surface area (Å²) in [5.74, 6) is 0.909. The number of ether oxygens (including phenoxy) is 1. The quantitative estimate of drug-likeness (QED) is 0.553. The summed E-state index contributed by atoms with van der Waals surface area (Å²) in [4.78, 5) is 23.0. The van der Waals surface area contributed by atoms with Crippen LogP contribution in [0.25, 0.3) is 0 Å². The largest absolute Gasteiger partial charge is 0.494 e. The summed E-state index contributed by atoms with van der Waals surface area (Å²) >= 11 is 0. The lowest BCUT2D eigenvalue weighted by Crippen LogP contribution is -2.32. The highest BCUT2D eigenvalue weighted by molar-refractivity contribution is 5.94. The van der Waals surface area contributed by atoms with E-state index in [4.69, 9.17) is 4.74 Å². The van der Waals surface area contributed by atoms with Gasteiger partial charge in [0.05, 0.1) is 6.61 Å². The summed E-state index contributed by atoms with van der Waals surface area (Å²) in [5.41, 5.74) is 1.97. The molecule has 0 saturated heterocycles. The molecular weight excluding hydrogens is 342 g/mol. The fourth-order valence-electron chi connectivity index (χ4n) is 2.55. The predicted octanol–water partition coefficient (Wildman–Crippen LogP) is 2.27. The van der Waals surface area contributed by atoms with E-state index in [0.29, 0.717) is 32.4 Å². The number of rotatable bonds is 10. The smallest absolute Gasteiger partial charge is 0.224 e. The number of carbonyl (C=O) groups excluding carboxylic acids is 2. The minimum atomic E-state index is 0. The maximum absolute atomic E-state index is 11.7. The van der Waals surface area contributed by atoms with Gasteiger partial charge in [-0.3, -0.25) is 9.59 Å². The molecule has 2 amide bonds. The van der Waals surface area contributed by atoms with E-state index in [0.717, 1.165) is 42.9 Å². The molecule has 0 atom stereocenters. The van der Waals surface area contributed by atoms with E-state index in [9.17, 15) is 9.59 Å². The Labute approximate surface area is 155 Å². The molecule has 0 bridgehead atoms. The second kappa shape index (κ2) is 11.7. The number of amides is 2. The first-order chi connectivity index (χ1) is 11.7. The number of anilines is 1. The Kier molecular flexibility index (Phi) is 9.96. The molecule has 0 saturated carbocycles. The van der Waals surface area contributed by atoms with Crippen LogP contribution >= 0.6 is 12.4 Å². The van der Waals surface area contributed by atoms with Crippen molar-refractivity contribution in [2.45, 2.75) is 39.0 Å². The molecule has 1 heterocycles. The number of fused-ring (bicyclic) bond motifs is 1. The van der Waals surface area contributed by atoms with Gasteiger partial charge in [-0.1, -0.05) is 6.92 Å². The van der Waals surface area contributed by atoms with Gasteiger partial charge in [-0.2, -0.15) is 0 Å². The third-order valence-electron chi connectivity index (χ3n) is 3.84. The minimum absolute atomic E-state index is 0. The van der Waals surface area contributed by atoms with Crippen molar-refractivity contribution in [1.29, 1.82) is 0 Å². The van der Waals surface area contributed by atoms with Gasteiger partial charge in [0.2, 0.25) is 11.8 Å². The van der Waals surface area contributed by atoms with Crippen molar-refractivity contribution in [1.82, 2.24) is 10.6 Å². The summed E-state index contributed by atoms with van der Waals surface area (Å²) in [6.07, 6.45) is 3.51. The molecule has 25 heavy (non-hydrogen) atoms. The van der Waals surface area contributed by atoms with Crippen LogP contribution in [0.5, 0.6) is 5.75 Å². The van der Waals surface area contributed by atoms with Crippen LogP contribution in [0.3, 0.4) is 0 Å². The topological polar surface area (TPSA) is 79.5 Å². The Morgan fingerprint density at radius 1 is 1.24 bits per heavy atom. The van der Waals surface area contributed by atoms with E-state index in [1.54, 1.807) is 0 Å². The number of carbonyl (C=O) groups is 2. The molecule has 140 valence electrons. The Bertz CT molecular complexity index is 566. The molecule has 1 aromatic carbocycles. The Morgan fingerprint density at radius 3 is 2.88 bits per heavy atom. The third-order valence-corrected chi connectivity index (χ3v) is 3.84. The molecule has 3 N–H and O–H groups in total. The van der Waals surface area contributed by atoms with Crippen LogP contribution in [0.15, 0.2) is 18.2 Å². The molecule has 7 heteroatoms. The molecule has 0 radical (unpaired) electrons. The molecule has 6 nitrogen and oxygen atoms in total. The summed E-state index contributed by atoms with van der Waals surface area (Å²) in [7, 11) is 0. The van der Waals surface area contributed by atoms with Crippen molar-refractivity contribution < 1.29 is 14.3 Å². The van der Waals surface area contributed by atoms with E-state index >= 15 is 0 Å². The summed E-state index contributed by atoms with van der Waals surface area (Å²) < 4.78 is 5.70. The zero-order valence-electron chi connectivity index (χ0n) is 14.7. The zero-order chi connectivity index (χ0) is 17.2. The number of hydrogen-bond acceptors (Lipinski definition) is 4. The van der Waals surface area contributed by atoms with Gasteiger partial charge >= 0.3 is 0 Å². The molecular formula is C18H28ClN3O3. The molecule has 0 aromatic heterocycles. The maximum Gasteiger partial charge on any atom is 0.224 e. The van der Waals surface area contributed by atoms with Crippen LogP contribution < -0.4 is 20.7 Å². The summed E-state index contributed by atoms with van der Waals surface area (Å²) in [5, 5.41) is 8.98. The van der Waals surface area contributed by atoms with Gasteiger partial charge < -0.3 is 20.7 Å². The Balaban J connectivity index is 0.00000312. The molecule has 1 aliphatic heterocycles. The monoisotopic (exact) mass is 369 g/mol. The van der Waals surface area contributed by atoms with Crippen LogP contribution in [0.1, 0.15) is 38.2 Å². The molecule has 2 rings (SSSR count). The third kappa shape index (κ3) is 7.75. The van der Waals surface area contributed by atoms with Crippen molar-refractivity contribution in [3.05, 3.63) is 23.8 Å². The summed E-state index contributed by atoms with van der Waals surface area (Å²) in [6, 6.07) is 5.69. The first-order valence-corrected chi connectivity index (χ1v) is 8.72. The lowest BCUT2D eigenvalue weighted by molar-refractivity contribution is -0.121. The van der Waals surface area contributed by atoms with Crippen molar-refractivity contribution in [2.24, 2.45) is 0 Å². The van der Waals surface area contributed by atoms with Crippen LogP contribution in [0.4, 0.5) is 5.69 Å². The van der Waals surface area contributed by atoms with Gasteiger partial charge in [0.1, 0.15) is 5.75 Å². The maximum atomic E-state index is 11.7. The number of hydrogen-bond donors (Lipinski definition) is 3. The van der Waals surface area contributed by atoms with Crippen LogP contribution in [-0.4, -0.2) is 38.1 Å². The van der Waals surface area contributed by atoms with E-state index in [-0.39, 0.29) is 24.2 Å². The van der Waals surface area contributed by atoms with Crippen LogP contribution in [0, 0.1) is 0 Å². The van der Waals surface area contributed by atoms with Gasteiger partial charge in [-0.15, -0.1) is 12.4 Å². The average Bonchev–Trinajstić information content (AvgIpc) is 2.58. The highest BCUT2D eigenvalue weighted by Gasteiger charge is 2.14. The second-order valence-corrected chi connectivity index (χ2v) is 5.92. The van der Waals surface area contributed by atoms with Crippen molar-refractivity contribution in [2.75, 3.05) is 31.6 Å². The standard InChI is InChI=1S/C18H27N3O3.ClH/c1-2-9-19-10-11-20-17(22)4-3-12-24-15-6-7-16-14(13-15)5-8-18(23)21-16;/h6-7,13,19H,2-5,8-12H2,1H3,(H,20,22)(H,21,23);1H. The first kappa shape index (κ1) is 21.3. The molecule has 0 unspecified atom stereocenters. The van der Waals surface area contributed by atoms with Gasteiger partial charge in [-0.05, 0) is 49.6 Å². The Hall–Kier alpha value is -1.79. The highest BCUT2D eigenvalue weighted by atomic mass is 35.5. The van der Waals surface area contributed by atoms with Crippen molar-refractivity contribution in [3.8, 4) is 5.75 Å². The van der Waals surface area contributed by atoms with Crippen LogP contribution in [-0.2, 0) is 16.0 Å². The molecule has 0 spiro atoms.